The third-order valence-electron chi connectivity index (χ3n) is 4.54. The summed E-state index contributed by atoms with van der Waals surface area (Å²) in [6.07, 6.45) is 1.78. The number of pyridine rings is 1. The number of fused-ring (bicyclic) bond motifs is 1. The van der Waals surface area contributed by atoms with Crippen molar-refractivity contribution in [3.05, 3.63) is 35.3 Å². The fourth-order valence-electron chi connectivity index (χ4n) is 3.11. The zero-order valence-electron chi connectivity index (χ0n) is 18.1. The summed E-state index contributed by atoms with van der Waals surface area (Å²) < 4.78 is 26.6. The number of hydrogen-bond acceptors (Lipinski definition) is 8. The van der Waals surface area contributed by atoms with Gasteiger partial charge in [-0.05, 0) is 19.9 Å². The summed E-state index contributed by atoms with van der Waals surface area (Å²) in [5.41, 5.74) is 0.268. The fraction of sp³-hybridized carbons (Fsp3) is 0.476. The van der Waals surface area contributed by atoms with E-state index in [4.69, 9.17) is 23.4 Å². The molecule has 0 saturated carbocycles. The van der Waals surface area contributed by atoms with E-state index in [0.29, 0.717) is 43.6 Å². The molecule has 0 aliphatic carbocycles. The molecule has 3 heterocycles. The fourth-order valence-corrected chi connectivity index (χ4v) is 3.11. The lowest BCUT2D eigenvalue weighted by Gasteiger charge is -2.29. The number of amides is 2. The van der Waals surface area contributed by atoms with Gasteiger partial charge in [0.05, 0.1) is 24.3 Å². The molecule has 0 spiro atoms. The van der Waals surface area contributed by atoms with Gasteiger partial charge in [-0.2, -0.15) is 4.98 Å². The highest BCUT2D eigenvalue weighted by atomic mass is 16.5. The summed E-state index contributed by atoms with van der Waals surface area (Å²) in [6, 6.07) is 3.22. The van der Waals surface area contributed by atoms with Gasteiger partial charge in [-0.15, -0.1) is 0 Å². The van der Waals surface area contributed by atoms with Crippen LogP contribution in [0.25, 0.3) is 0 Å². The van der Waals surface area contributed by atoms with Crippen LogP contribution in [0, 0.1) is 0 Å². The second kappa shape index (κ2) is 9.80. The maximum absolute atomic E-state index is 12.9. The number of nitrogens with one attached hydrogen (secondary N) is 2. The monoisotopic (exact) mass is 433 g/mol. The standard InChI is InChI=1S/C21H27N3O7/c1-21(2)11-15-17(19(26)24-21)13(12-31-15)18(25)22-14-5-6-16(29-9-7-27-3)23-20(14)30-10-8-28-4/h5-6,12H,7-11H2,1-4H3,(H,22,25)(H,24,26). The van der Waals surface area contributed by atoms with E-state index >= 15 is 0 Å². The van der Waals surface area contributed by atoms with Crippen molar-refractivity contribution >= 4 is 17.5 Å². The zero-order valence-corrected chi connectivity index (χ0v) is 18.1. The number of ether oxygens (including phenoxy) is 4. The van der Waals surface area contributed by atoms with Crippen molar-refractivity contribution in [3.8, 4) is 11.8 Å². The summed E-state index contributed by atoms with van der Waals surface area (Å²) in [4.78, 5) is 29.7. The van der Waals surface area contributed by atoms with Crippen molar-refractivity contribution in [2.75, 3.05) is 46.0 Å². The Morgan fingerprint density at radius 1 is 1.16 bits per heavy atom. The average molecular weight is 433 g/mol. The molecule has 0 bridgehead atoms. The Hall–Kier alpha value is -3.11. The van der Waals surface area contributed by atoms with E-state index < -0.39 is 11.4 Å². The first-order valence-electron chi connectivity index (χ1n) is 9.83. The molecule has 2 amide bonds. The second-order valence-electron chi connectivity index (χ2n) is 7.60. The molecule has 0 saturated heterocycles. The molecule has 0 unspecified atom stereocenters. The molecule has 1 aliphatic heterocycles. The second-order valence-corrected chi connectivity index (χ2v) is 7.60. The number of carbonyl (C=O) groups excluding carboxylic acids is 2. The normalized spacial score (nSPS) is 14.5. The van der Waals surface area contributed by atoms with Crippen molar-refractivity contribution in [3.63, 3.8) is 0 Å². The molecular formula is C21H27N3O7. The molecule has 0 aromatic carbocycles. The smallest absolute Gasteiger partial charge is 0.259 e. The van der Waals surface area contributed by atoms with Gasteiger partial charge >= 0.3 is 0 Å². The number of anilines is 1. The van der Waals surface area contributed by atoms with Crippen LogP contribution in [0.3, 0.4) is 0 Å². The molecule has 0 fully saturated rings. The van der Waals surface area contributed by atoms with E-state index in [9.17, 15) is 9.59 Å². The molecule has 1 aliphatic rings. The lowest BCUT2D eigenvalue weighted by molar-refractivity contribution is 0.0882. The van der Waals surface area contributed by atoms with E-state index in [-0.39, 0.29) is 29.5 Å². The van der Waals surface area contributed by atoms with E-state index in [0.717, 1.165) is 0 Å². The van der Waals surface area contributed by atoms with Crippen LogP contribution in [0.1, 0.15) is 40.3 Å². The SMILES string of the molecule is COCCOc1ccc(NC(=O)c2coc3c2C(=O)NC(C)(C)C3)c(OCCOC)n1. The third-order valence-corrected chi connectivity index (χ3v) is 4.54. The summed E-state index contributed by atoms with van der Waals surface area (Å²) in [5.74, 6) is 0.122. The van der Waals surface area contributed by atoms with Gasteiger partial charge in [0.25, 0.3) is 11.8 Å². The maximum Gasteiger partial charge on any atom is 0.259 e. The van der Waals surface area contributed by atoms with E-state index in [1.807, 2.05) is 13.8 Å². The lowest BCUT2D eigenvalue weighted by Crippen LogP contribution is -2.49. The molecule has 2 N–H and O–H groups in total. The number of methoxy groups -OCH3 is 2. The Bertz CT molecular complexity index is 939. The molecule has 0 radical (unpaired) electrons. The van der Waals surface area contributed by atoms with Crippen molar-refractivity contribution in [1.29, 1.82) is 0 Å². The van der Waals surface area contributed by atoms with Gasteiger partial charge in [0.15, 0.2) is 0 Å². The minimum Gasteiger partial charge on any atom is -0.475 e. The summed E-state index contributed by atoms with van der Waals surface area (Å²) >= 11 is 0. The first kappa shape index (κ1) is 22.6. The molecule has 31 heavy (non-hydrogen) atoms. The first-order chi connectivity index (χ1) is 14.8. The van der Waals surface area contributed by atoms with Crippen LogP contribution in [0.5, 0.6) is 11.8 Å². The van der Waals surface area contributed by atoms with Crippen LogP contribution in [0.4, 0.5) is 5.69 Å². The number of carbonyl (C=O) groups is 2. The average Bonchev–Trinajstić information content (AvgIpc) is 3.13. The highest BCUT2D eigenvalue weighted by Gasteiger charge is 2.36. The Kier molecular flexibility index (Phi) is 7.13. The van der Waals surface area contributed by atoms with E-state index in [1.54, 1.807) is 26.4 Å². The predicted molar refractivity (Wildman–Crippen MR) is 111 cm³/mol. The van der Waals surface area contributed by atoms with Crippen LogP contribution < -0.4 is 20.1 Å². The lowest BCUT2D eigenvalue weighted by atomic mass is 9.91. The minimum absolute atomic E-state index is 0.145. The Balaban J connectivity index is 1.80. The Labute approximate surface area is 180 Å². The van der Waals surface area contributed by atoms with Gasteiger partial charge in [0, 0.05) is 32.2 Å². The van der Waals surface area contributed by atoms with Gasteiger partial charge in [-0.3, -0.25) is 9.59 Å². The van der Waals surface area contributed by atoms with Gasteiger partial charge in [0.2, 0.25) is 11.8 Å². The molecular weight excluding hydrogens is 406 g/mol. The van der Waals surface area contributed by atoms with Crippen LogP contribution >= 0.6 is 0 Å². The Morgan fingerprint density at radius 3 is 2.58 bits per heavy atom. The minimum atomic E-state index is -0.508. The first-order valence-corrected chi connectivity index (χ1v) is 9.83. The summed E-state index contributed by atoms with van der Waals surface area (Å²) in [5, 5.41) is 5.62. The van der Waals surface area contributed by atoms with E-state index in [2.05, 4.69) is 15.6 Å². The predicted octanol–water partition coefficient (Wildman–Crippen LogP) is 2.04. The molecule has 10 nitrogen and oxygen atoms in total. The Morgan fingerprint density at radius 2 is 1.87 bits per heavy atom. The summed E-state index contributed by atoms with van der Waals surface area (Å²) in [7, 11) is 3.13. The highest BCUT2D eigenvalue weighted by molar-refractivity contribution is 6.13. The quantitative estimate of drug-likeness (QED) is 0.546. The molecule has 168 valence electrons. The molecule has 2 aromatic rings. The van der Waals surface area contributed by atoms with Crippen LogP contribution in [-0.2, 0) is 15.9 Å². The molecule has 10 heteroatoms. The van der Waals surface area contributed by atoms with Gasteiger partial charge < -0.3 is 34.0 Å². The van der Waals surface area contributed by atoms with Crippen molar-refractivity contribution in [1.82, 2.24) is 10.3 Å². The largest absolute Gasteiger partial charge is 0.475 e. The van der Waals surface area contributed by atoms with Crippen LogP contribution in [-0.4, -0.2) is 63.0 Å². The van der Waals surface area contributed by atoms with Crippen molar-refractivity contribution in [2.45, 2.75) is 25.8 Å². The molecule has 2 aromatic heterocycles. The van der Waals surface area contributed by atoms with E-state index in [1.165, 1.54) is 6.26 Å². The zero-order chi connectivity index (χ0) is 22.4. The molecule has 3 rings (SSSR count). The highest BCUT2D eigenvalue weighted by Crippen LogP contribution is 2.30. The summed E-state index contributed by atoms with van der Waals surface area (Å²) in [6.45, 7) is 5.08. The maximum atomic E-state index is 12.9. The number of hydrogen-bond donors (Lipinski definition) is 2. The number of furan rings is 1. The van der Waals surface area contributed by atoms with Gasteiger partial charge in [0.1, 0.15) is 30.9 Å². The van der Waals surface area contributed by atoms with Gasteiger partial charge in [-0.25, -0.2) is 0 Å². The number of aromatic nitrogens is 1. The number of rotatable bonds is 10. The van der Waals surface area contributed by atoms with Crippen molar-refractivity contribution in [2.24, 2.45) is 0 Å². The van der Waals surface area contributed by atoms with Crippen molar-refractivity contribution < 1.29 is 33.0 Å². The van der Waals surface area contributed by atoms with Crippen LogP contribution in [0.2, 0.25) is 0 Å². The number of nitrogens with zero attached hydrogens (tertiary/aromatic N) is 1. The third kappa shape index (κ3) is 5.53. The van der Waals surface area contributed by atoms with Crippen LogP contribution in [0.15, 0.2) is 22.8 Å². The van der Waals surface area contributed by atoms with Gasteiger partial charge in [-0.1, -0.05) is 0 Å². The topological polar surface area (TPSA) is 121 Å². The molecule has 0 atom stereocenters.